The van der Waals surface area contributed by atoms with Gasteiger partial charge in [0.15, 0.2) is 6.10 Å². The second kappa shape index (κ2) is 6.37. The van der Waals surface area contributed by atoms with Crippen LogP contribution in [0.2, 0.25) is 0 Å². The van der Waals surface area contributed by atoms with Crippen molar-refractivity contribution in [2.45, 2.75) is 45.2 Å². The second-order valence-corrected chi connectivity index (χ2v) is 5.34. The zero-order chi connectivity index (χ0) is 14.7. The van der Waals surface area contributed by atoms with E-state index in [2.05, 4.69) is 0 Å². The average Bonchev–Trinajstić information content (AvgIpc) is 2.46. The number of methoxy groups -OCH3 is 1. The molecule has 5 atom stereocenters. The molecule has 4 heteroatoms. The van der Waals surface area contributed by atoms with Gasteiger partial charge in [0.2, 0.25) is 0 Å². The van der Waals surface area contributed by atoms with Crippen molar-refractivity contribution in [3.63, 3.8) is 0 Å². The number of ether oxygens (including phenoxy) is 3. The summed E-state index contributed by atoms with van der Waals surface area (Å²) in [6.45, 7) is 5.98. The van der Waals surface area contributed by atoms with Crippen molar-refractivity contribution in [3.05, 3.63) is 35.9 Å². The summed E-state index contributed by atoms with van der Waals surface area (Å²) in [4.78, 5) is 12.2. The third-order valence-electron chi connectivity index (χ3n) is 4.00. The second-order valence-electron chi connectivity index (χ2n) is 5.34. The van der Waals surface area contributed by atoms with Crippen LogP contribution in [0, 0.1) is 5.92 Å². The van der Waals surface area contributed by atoms with Crippen molar-refractivity contribution in [1.29, 1.82) is 0 Å². The van der Waals surface area contributed by atoms with Crippen molar-refractivity contribution in [1.82, 2.24) is 0 Å². The fraction of sp³-hybridized carbons (Fsp3) is 0.562. The van der Waals surface area contributed by atoms with E-state index in [1.807, 2.05) is 39.0 Å². The van der Waals surface area contributed by atoms with Crippen LogP contribution in [0.4, 0.5) is 0 Å². The first kappa shape index (κ1) is 15.0. The van der Waals surface area contributed by atoms with E-state index in [4.69, 9.17) is 14.2 Å². The molecule has 1 heterocycles. The van der Waals surface area contributed by atoms with E-state index in [0.29, 0.717) is 5.56 Å². The summed E-state index contributed by atoms with van der Waals surface area (Å²) in [7, 11) is 1.65. The van der Waals surface area contributed by atoms with Gasteiger partial charge in [-0.1, -0.05) is 25.1 Å². The van der Waals surface area contributed by atoms with Crippen LogP contribution in [0.5, 0.6) is 0 Å². The fourth-order valence-corrected chi connectivity index (χ4v) is 2.65. The topological polar surface area (TPSA) is 44.8 Å². The molecule has 1 fully saturated rings. The van der Waals surface area contributed by atoms with Gasteiger partial charge in [0.1, 0.15) is 6.10 Å². The molecule has 4 nitrogen and oxygen atoms in total. The summed E-state index contributed by atoms with van der Waals surface area (Å²) in [6.07, 6.45) is -0.638. The van der Waals surface area contributed by atoms with Crippen LogP contribution in [-0.2, 0) is 14.2 Å². The molecule has 1 aliphatic rings. The molecule has 1 aliphatic heterocycles. The fourth-order valence-electron chi connectivity index (χ4n) is 2.65. The van der Waals surface area contributed by atoms with Crippen LogP contribution in [0.25, 0.3) is 0 Å². The van der Waals surface area contributed by atoms with Gasteiger partial charge in [-0.15, -0.1) is 0 Å². The summed E-state index contributed by atoms with van der Waals surface area (Å²) in [6, 6.07) is 8.98. The number of carbonyl (C=O) groups excluding carboxylic acids is 1. The zero-order valence-electron chi connectivity index (χ0n) is 12.4. The maximum Gasteiger partial charge on any atom is 0.338 e. The molecule has 1 aromatic carbocycles. The smallest absolute Gasteiger partial charge is 0.338 e. The first-order chi connectivity index (χ1) is 9.54. The highest BCUT2D eigenvalue weighted by Crippen LogP contribution is 2.30. The molecular formula is C16H22O4. The Morgan fingerprint density at radius 1 is 1.05 bits per heavy atom. The molecule has 0 amide bonds. The molecule has 0 aliphatic carbocycles. The number of esters is 1. The summed E-state index contributed by atoms with van der Waals surface area (Å²) in [5, 5.41) is 0. The standard InChI is InChI=1S/C16H22O4/c1-10-11(2)19-12(3)15(14(10)18-4)20-16(17)13-8-6-5-7-9-13/h5-12,14-15H,1-4H3. The molecule has 0 aromatic heterocycles. The molecule has 0 radical (unpaired) electrons. The van der Waals surface area contributed by atoms with E-state index in [0.717, 1.165) is 0 Å². The van der Waals surface area contributed by atoms with Crippen LogP contribution in [0.3, 0.4) is 0 Å². The summed E-state index contributed by atoms with van der Waals surface area (Å²) < 4.78 is 17.0. The molecule has 110 valence electrons. The van der Waals surface area contributed by atoms with E-state index in [1.165, 1.54) is 0 Å². The van der Waals surface area contributed by atoms with Gasteiger partial charge in [-0.3, -0.25) is 0 Å². The number of rotatable bonds is 3. The van der Waals surface area contributed by atoms with Gasteiger partial charge < -0.3 is 14.2 Å². The van der Waals surface area contributed by atoms with Gasteiger partial charge in [0, 0.05) is 13.0 Å². The normalized spacial score (nSPS) is 33.7. The maximum absolute atomic E-state index is 12.2. The Balaban J connectivity index is 2.12. The Labute approximate surface area is 120 Å². The monoisotopic (exact) mass is 278 g/mol. The summed E-state index contributed by atoms with van der Waals surface area (Å²) in [5.41, 5.74) is 0.542. The average molecular weight is 278 g/mol. The Hall–Kier alpha value is -1.39. The lowest BCUT2D eigenvalue weighted by Gasteiger charge is -2.42. The third-order valence-corrected chi connectivity index (χ3v) is 4.00. The van der Waals surface area contributed by atoms with E-state index in [9.17, 15) is 4.79 Å². The van der Waals surface area contributed by atoms with Crippen LogP contribution < -0.4 is 0 Å². The van der Waals surface area contributed by atoms with Crippen LogP contribution in [-0.4, -0.2) is 37.5 Å². The molecular weight excluding hydrogens is 256 g/mol. The van der Waals surface area contributed by atoms with Crippen LogP contribution >= 0.6 is 0 Å². The Morgan fingerprint density at radius 3 is 2.30 bits per heavy atom. The van der Waals surface area contributed by atoms with Crippen molar-refractivity contribution in [3.8, 4) is 0 Å². The predicted molar refractivity (Wildman–Crippen MR) is 75.6 cm³/mol. The number of hydrogen-bond donors (Lipinski definition) is 0. The SMILES string of the molecule is COC1C(C)C(C)OC(C)C1OC(=O)c1ccccc1. The van der Waals surface area contributed by atoms with E-state index in [-0.39, 0.29) is 36.3 Å². The third kappa shape index (κ3) is 3.02. The summed E-state index contributed by atoms with van der Waals surface area (Å²) in [5.74, 6) is -0.167. The van der Waals surface area contributed by atoms with Crippen molar-refractivity contribution in [2.75, 3.05) is 7.11 Å². The Kier molecular flexibility index (Phi) is 4.78. The number of hydrogen-bond acceptors (Lipinski definition) is 4. The minimum atomic E-state index is -0.390. The predicted octanol–water partition coefficient (Wildman–Crippen LogP) is 2.67. The van der Waals surface area contributed by atoms with Crippen LogP contribution in [0.15, 0.2) is 30.3 Å². The largest absolute Gasteiger partial charge is 0.453 e. The molecule has 5 unspecified atom stereocenters. The van der Waals surface area contributed by atoms with Gasteiger partial charge >= 0.3 is 5.97 Å². The van der Waals surface area contributed by atoms with E-state index < -0.39 is 0 Å². The van der Waals surface area contributed by atoms with Crippen LogP contribution in [0.1, 0.15) is 31.1 Å². The molecule has 0 N–H and O–H groups in total. The number of benzene rings is 1. The number of carbonyl (C=O) groups is 1. The van der Waals surface area contributed by atoms with Gasteiger partial charge in [0.25, 0.3) is 0 Å². The minimum Gasteiger partial charge on any atom is -0.453 e. The molecule has 1 aromatic rings. The molecule has 2 rings (SSSR count). The Morgan fingerprint density at radius 2 is 1.70 bits per heavy atom. The van der Waals surface area contributed by atoms with E-state index in [1.54, 1.807) is 19.2 Å². The lowest BCUT2D eigenvalue weighted by atomic mass is 9.89. The highest BCUT2D eigenvalue weighted by molar-refractivity contribution is 5.89. The molecule has 0 spiro atoms. The molecule has 0 saturated carbocycles. The van der Waals surface area contributed by atoms with Gasteiger partial charge in [-0.25, -0.2) is 4.79 Å². The van der Waals surface area contributed by atoms with Gasteiger partial charge in [-0.2, -0.15) is 0 Å². The zero-order valence-corrected chi connectivity index (χ0v) is 12.4. The highest BCUT2D eigenvalue weighted by Gasteiger charge is 2.42. The first-order valence-corrected chi connectivity index (χ1v) is 6.99. The Bertz CT molecular complexity index is 445. The summed E-state index contributed by atoms with van der Waals surface area (Å²) >= 11 is 0. The highest BCUT2D eigenvalue weighted by atomic mass is 16.6. The minimum absolute atomic E-state index is 0.0848. The van der Waals surface area contributed by atoms with Gasteiger partial charge in [-0.05, 0) is 26.0 Å². The molecule has 20 heavy (non-hydrogen) atoms. The van der Waals surface area contributed by atoms with Gasteiger partial charge in [0.05, 0.1) is 17.8 Å². The lowest BCUT2D eigenvalue weighted by molar-refractivity contribution is -0.194. The van der Waals surface area contributed by atoms with E-state index >= 15 is 0 Å². The quantitative estimate of drug-likeness (QED) is 0.797. The lowest BCUT2D eigenvalue weighted by Crippen LogP contribution is -2.54. The molecule has 1 saturated heterocycles. The maximum atomic E-state index is 12.2. The first-order valence-electron chi connectivity index (χ1n) is 6.99. The molecule has 0 bridgehead atoms. The van der Waals surface area contributed by atoms with Crippen molar-refractivity contribution < 1.29 is 19.0 Å². The van der Waals surface area contributed by atoms with Crippen molar-refractivity contribution >= 4 is 5.97 Å². The van der Waals surface area contributed by atoms with Crippen molar-refractivity contribution in [2.24, 2.45) is 5.92 Å².